The Hall–Kier alpha value is -3.35. The van der Waals surface area contributed by atoms with E-state index in [-0.39, 0.29) is 12.3 Å². The Bertz CT molecular complexity index is 850. The van der Waals surface area contributed by atoms with E-state index in [0.29, 0.717) is 5.56 Å². The van der Waals surface area contributed by atoms with Crippen molar-refractivity contribution in [2.45, 2.75) is 19.0 Å². The molecule has 0 saturated carbocycles. The molecule has 1 aliphatic rings. The number of urea groups is 1. The summed E-state index contributed by atoms with van der Waals surface area (Å²) >= 11 is 0. The fraction of sp³-hybridized carbons (Fsp3) is 0.211. The number of carboxylic acid groups (broad SMARTS) is 1. The van der Waals surface area contributed by atoms with Crippen molar-refractivity contribution in [2.24, 2.45) is 0 Å². The maximum absolute atomic E-state index is 13.0. The van der Waals surface area contributed by atoms with E-state index in [1.165, 1.54) is 17.0 Å². The lowest BCUT2D eigenvalue weighted by atomic mass is 9.90. The number of nitrogens with zero attached hydrogens (tertiary/aromatic N) is 2. The molecule has 26 heavy (non-hydrogen) atoms. The van der Waals surface area contributed by atoms with Gasteiger partial charge in [0.2, 0.25) is 0 Å². The van der Waals surface area contributed by atoms with E-state index >= 15 is 0 Å². The summed E-state index contributed by atoms with van der Waals surface area (Å²) in [4.78, 5) is 39.0. The van der Waals surface area contributed by atoms with Crippen molar-refractivity contribution in [3.8, 4) is 5.75 Å². The number of carboxylic acids is 1. The minimum Gasteiger partial charge on any atom is -0.508 e. The fourth-order valence-corrected chi connectivity index (χ4v) is 3.13. The van der Waals surface area contributed by atoms with Crippen molar-refractivity contribution in [1.82, 2.24) is 9.80 Å². The van der Waals surface area contributed by atoms with Crippen LogP contribution in [0.1, 0.15) is 18.1 Å². The first-order valence-electron chi connectivity index (χ1n) is 8.03. The Morgan fingerprint density at radius 1 is 1.04 bits per heavy atom. The number of carbonyl (C=O) groups is 3. The van der Waals surface area contributed by atoms with Crippen molar-refractivity contribution < 1.29 is 24.6 Å². The van der Waals surface area contributed by atoms with Crippen molar-refractivity contribution in [3.05, 3.63) is 65.7 Å². The largest absolute Gasteiger partial charge is 0.508 e. The Kier molecular flexibility index (Phi) is 4.38. The third kappa shape index (κ3) is 2.88. The first-order chi connectivity index (χ1) is 12.3. The van der Waals surface area contributed by atoms with Gasteiger partial charge in [-0.1, -0.05) is 42.5 Å². The summed E-state index contributed by atoms with van der Waals surface area (Å²) in [6.07, 6.45) is 0. The maximum atomic E-state index is 13.0. The van der Waals surface area contributed by atoms with Gasteiger partial charge in [0.25, 0.3) is 5.91 Å². The van der Waals surface area contributed by atoms with Gasteiger partial charge >= 0.3 is 12.0 Å². The monoisotopic (exact) mass is 354 g/mol. The van der Waals surface area contributed by atoms with Crippen molar-refractivity contribution in [3.63, 3.8) is 0 Å². The predicted molar refractivity (Wildman–Crippen MR) is 92.2 cm³/mol. The number of benzene rings is 2. The number of hydrogen-bond donors (Lipinski definition) is 2. The van der Waals surface area contributed by atoms with Crippen LogP contribution >= 0.6 is 0 Å². The second-order valence-electron chi connectivity index (χ2n) is 6.26. The van der Waals surface area contributed by atoms with Gasteiger partial charge in [-0.05, 0) is 30.2 Å². The van der Waals surface area contributed by atoms with E-state index in [0.717, 1.165) is 10.5 Å². The summed E-state index contributed by atoms with van der Waals surface area (Å²) in [7, 11) is 0. The van der Waals surface area contributed by atoms with Gasteiger partial charge in [0.15, 0.2) is 0 Å². The number of carbonyl (C=O) groups excluding carboxylic acids is 2. The molecule has 3 rings (SSSR count). The lowest BCUT2D eigenvalue weighted by Gasteiger charge is -2.32. The highest BCUT2D eigenvalue weighted by Gasteiger charge is 2.55. The van der Waals surface area contributed by atoms with Crippen LogP contribution in [0.25, 0.3) is 0 Å². The number of phenols is 1. The Morgan fingerprint density at radius 3 is 2.23 bits per heavy atom. The van der Waals surface area contributed by atoms with Gasteiger partial charge in [0.1, 0.15) is 17.8 Å². The third-order valence-corrected chi connectivity index (χ3v) is 4.57. The number of aliphatic carboxylic acids is 1. The average molecular weight is 354 g/mol. The smallest absolute Gasteiger partial charge is 0.328 e. The molecule has 2 aromatic rings. The minimum atomic E-state index is -1.37. The molecule has 0 aliphatic carbocycles. The van der Waals surface area contributed by atoms with Crippen LogP contribution in [0.5, 0.6) is 5.75 Å². The lowest BCUT2D eigenvalue weighted by Crippen LogP contribution is -2.44. The lowest BCUT2D eigenvalue weighted by molar-refractivity contribution is -0.143. The van der Waals surface area contributed by atoms with Crippen LogP contribution in [0, 0.1) is 0 Å². The quantitative estimate of drug-likeness (QED) is 0.802. The molecule has 2 N–H and O–H groups in total. The fourth-order valence-electron chi connectivity index (χ4n) is 3.13. The number of amides is 3. The number of imide groups is 1. The summed E-state index contributed by atoms with van der Waals surface area (Å²) in [5.74, 6) is -1.83. The molecule has 0 aromatic heterocycles. The van der Waals surface area contributed by atoms with Crippen LogP contribution in [-0.2, 0) is 21.7 Å². The van der Waals surface area contributed by atoms with Crippen LogP contribution in [-0.4, -0.2) is 44.5 Å². The number of aromatic hydroxyl groups is 1. The molecule has 0 radical (unpaired) electrons. The van der Waals surface area contributed by atoms with E-state index < -0.39 is 30.0 Å². The normalized spacial score (nSPS) is 19.9. The van der Waals surface area contributed by atoms with Gasteiger partial charge in [-0.25, -0.2) is 4.79 Å². The molecule has 7 heteroatoms. The molecular weight excluding hydrogens is 336 g/mol. The van der Waals surface area contributed by atoms with Crippen LogP contribution in [0.3, 0.4) is 0 Å². The van der Waals surface area contributed by atoms with Crippen molar-refractivity contribution >= 4 is 17.9 Å². The molecule has 0 unspecified atom stereocenters. The van der Waals surface area contributed by atoms with Crippen LogP contribution < -0.4 is 0 Å². The zero-order valence-corrected chi connectivity index (χ0v) is 14.1. The van der Waals surface area contributed by atoms with Crippen LogP contribution in [0.2, 0.25) is 0 Å². The van der Waals surface area contributed by atoms with Gasteiger partial charge in [-0.2, -0.15) is 0 Å². The minimum absolute atomic E-state index is 0.0334. The molecule has 3 amide bonds. The molecule has 0 spiro atoms. The molecule has 1 saturated heterocycles. The first-order valence-corrected chi connectivity index (χ1v) is 8.03. The summed E-state index contributed by atoms with van der Waals surface area (Å²) < 4.78 is 0. The summed E-state index contributed by atoms with van der Waals surface area (Å²) in [6.45, 7) is 1.04. The second kappa shape index (κ2) is 6.51. The molecule has 2 aromatic carbocycles. The van der Waals surface area contributed by atoms with Gasteiger partial charge in [-0.3, -0.25) is 14.5 Å². The number of phenolic OH excluding ortho intramolecular Hbond substituents is 1. The maximum Gasteiger partial charge on any atom is 0.328 e. The molecule has 134 valence electrons. The van der Waals surface area contributed by atoms with Crippen molar-refractivity contribution in [1.29, 1.82) is 0 Å². The Balaban J connectivity index is 2.06. The second-order valence-corrected chi connectivity index (χ2v) is 6.26. The van der Waals surface area contributed by atoms with E-state index in [1.807, 2.05) is 30.3 Å². The average Bonchev–Trinajstić information content (AvgIpc) is 2.79. The predicted octanol–water partition coefficient (Wildman–Crippen LogP) is 2.16. The SMILES string of the molecule is C[C@]1(c2ccc(O)cc2)C(=O)N(CC(=O)O)C(=O)N1Cc1ccccc1. The highest BCUT2D eigenvalue weighted by atomic mass is 16.4. The van der Waals surface area contributed by atoms with E-state index in [2.05, 4.69) is 0 Å². The molecule has 1 atom stereocenters. The van der Waals surface area contributed by atoms with E-state index in [9.17, 15) is 19.5 Å². The summed E-state index contributed by atoms with van der Waals surface area (Å²) in [5, 5.41) is 18.6. The van der Waals surface area contributed by atoms with Gasteiger partial charge in [0.05, 0.1) is 0 Å². The number of hydrogen-bond acceptors (Lipinski definition) is 4. The first kappa shape index (κ1) is 17.5. The van der Waals surface area contributed by atoms with Crippen molar-refractivity contribution in [2.75, 3.05) is 6.54 Å². The van der Waals surface area contributed by atoms with Gasteiger partial charge < -0.3 is 15.1 Å². The molecule has 1 fully saturated rings. The topological polar surface area (TPSA) is 98.1 Å². The molecular formula is C19H18N2O5. The highest BCUT2D eigenvalue weighted by molar-refractivity contribution is 6.08. The summed E-state index contributed by atoms with van der Waals surface area (Å²) in [5.41, 5.74) is -0.0518. The zero-order valence-electron chi connectivity index (χ0n) is 14.1. The Labute approximate surface area is 150 Å². The number of rotatable bonds is 5. The molecule has 1 aliphatic heterocycles. The third-order valence-electron chi connectivity index (χ3n) is 4.57. The Morgan fingerprint density at radius 2 is 1.65 bits per heavy atom. The molecule has 1 heterocycles. The molecule has 0 bridgehead atoms. The van der Waals surface area contributed by atoms with E-state index in [4.69, 9.17) is 5.11 Å². The zero-order chi connectivity index (χ0) is 18.9. The van der Waals surface area contributed by atoms with E-state index in [1.54, 1.807) is 19.1 Å². The van der Waals surface area contributed by atoms with Crippen LogP contribution in [0.4, 0.5) is 4.79 Å². The standard InChI is InChI=1S/C19H18N2O5/c1-19(14-7-9-15(22)10-8-14)17(25)20(12-16(23)24)18(26)21(19)11-13-5-3-2-4-6-13/h2-10,22H,11-12H2,1H3,(H,23,24)/t19-/m0/s1. The molecule has 7 nitrogen and oxygen atoms in total. The highest BCUT2D eigenvalue weighted by Crippen LogP contribution is 2.38. The summed E-state index contributed by atoms with van der Waals surface area (Å²) in [6, 6.07) is 14.5. The van der Waals surface area contributed by atoms with Gasteiger partial charge in [0, 0.05) is 6.54 Å². The van der Waals surface area contributed by atoms with Gasteiger partial charge in [-0.15, -0.1) is 0 Å². The van der Waals surface area contributed by atoms with Crippen LogP contribution in [0.15, 0.2) is 54.6 Å².